The van der Waals surface area contributed by atoms with Gasteiger partial charge in [-0.3, -0.25) is 4.79 Å². The molecule has 10 heteroatoms. The van der Waals surface area contributed by atoms with Crippen LogP contribution in [-0.2, 0) is 11.2 Å². The SMILES string of the molecule is Cc1cc(NCCNC(=O)CCc2ncc(-c3ccc(Cl)cc3)o2)n2ncnc2n1. The van der Waals surface area contributed by atoms with E-state index in [2.05, 4.69) is 30.7 Å². The number of hydrogen-bond acceptors (Lipinski definition) is 7. The van der Waals surface area contributed by atoms with Gasteiger partial charge in [0.15, 0.2) is 11.7 Å². The maximum Gasteiger partial charge on any atom is 0.254 e. The number of carbonyl (C=O) groups excluding carboxylic acids is 1. The van der Waals surface area contributed by atoms with Gasteiger partial charge >= 0.3 is 0 Å². The summed E-state index contributed by atoms with van der Waals surface area (Å²) in [5.74, 6) is 2.41. The third-order valence-electron chi connectivity index (χ3n) is 4.38. The summed E-state index contributed by atoms with van der Waals surface area (Å²) in [7, 11) is 0. The number of aromatic nitrogens is 5. The van der Waals surface area contributed by atoms with Crippen molar-refractivity contribution in [1.29, 1.82) is 0 Å². The molecule has 1 amide bonds. The molecule has 0 fully saturated rings. The molecule has 0 aliphatic heterocycles. The standard InChI is InChI=1S/C20H20ClN7O2/c1-13-10-17(28-20(27-13)25-12-26-28)22-8-9-23-18(29)6-7-19-24-11-16(30-19)14-2-4-15(21)5-3-14/h2-5,10-12,22H,6-9H2,1H3,(H,23,29). The molecule has 4 rings (SSSR count). The molecule has 4 aromatic rings. The van der Waals surface area contributed by atoms with Crippen LogP contribution in [-0.4, -0.2) is 43.6 Å². The molecule has 0 unspecified atom stereocenters. The Kier molecular flexibility index (Phi) is 5.89. The summed E-state index contributed by atoms with van der Waals surface area (Å²) >= 11 is 5.90. The molecule has 0 saturated heterocycles. The van der Waals surface area contributed by atoms with Crippen LogP contribution in [0.2, 0.25) is 5.02 Å². The summed E-state index contributed by atoms with van der Waals surface area (Å²) in [6, 6.07) is 9.20. The van der Waals surface area contributed by atoms with E-state index in [0.717, 1.165) is 17.1 Å². The Morgan fingerprint density at radius 3 is 2.87 bits per heavy atom. The van der Waals surface area contributed by atoms with Crippen molar-refractivity contribution < 1.29 is 9.21 Å². The van der Waals surface area contributed by atoms with Crippen LogP contribution >= 0.6 is 11.6 Å². The van der Waals surface area contributed by atoms with Crippen molar-refractivity contribution in [2.24, 2.45) is 0 Å². The molecular weight excluding hydrogens is 406 g/mol. The Morgan fingerprint density at radius 1 is 1.20 bits per heavy atom. The second-order valence-electron chi connectivity index (χ2n) is 6.66. The van der Waals surface area contributed by atoms with Crippen LogP contribution in [0.25, 0.3) is 17.1 Å². The Balaban J connectivity index is 1.22. The first kappa shape index (κ1) is 19.8. The quantitative estimate of drug-likeness (QED) is 0.417. The van der Waals surface area contributed by atoms with Crippen LogP contribution in [0.4, 0.5) is 5.82 Å². The second-order valence-corrected chi connectivity index (χ2v) is 7.09. The topological polar surface area (TPSA) is 110 Å². The number of nitrogens with zero attached hydrogens (tertiary/aromatic N) is 5. The van der Waals surface area contributed by atoms with Crippen LogP contribution < -0.4 is 10.6 Å². The Bertz CT molecular complexity index is 1150. The molecule has 30 heavy (non-hydrogen) atoms. The van der Waals surface area contributed by atoms with E-state index < -0.39 is 0 Å². The van der Waals surface area contributed by atoms with E-state index in [1.54, 1.807) is 22.8 Å². The van der Waals surface area contributed by atoms with E-state index in [1.165, 1.54) is 6.33 Å². The predicted molar refractivity (Wildman–Crippen MR) is 112 cm³/mol. The zero-order valence-corrected chi connectivity index (χ0v) is 17.1. The fourth-order valence-electron chi connectivity index (χ4n) is 2.93. The molecule has 0 saturated carbocycles. The summed E-state index contributed by atoms with van der Waals surface area (Å²) in [4.78, 5) is 24.7. The van der Waals surface area contributed by atoms with E-state index in [-0.39, 0.29) is 5.91 Å². The van der Waals surface area contributed by atoms with Crippen molar-refractivity contribution in [2.75, 3.05) is 18.4 Å². The normalized spacial score (nSPS) is 11.0. The van der Waals surface area contributed by atoms with Crippen molar-refractivity contribution in [2.45, 2.75) is 19.8 Å². The van der Waals surface area contributed by atoms with Gasteiger partial charge in [0.05, 0.1) is 6.20 Å². The van der Waals surface area contributed by atoms with Gasteiger partial charge in [-0.1, -0.05) is 11.6 Å². The average molecular weight is 426 g/mol. The van der Waals surface area contributed by atoms with Crippen LogP contribution in [0.15, 0.2) is 47.3 Å². The highest BCUT2D eigenvalue weighted by Gasteiger charge is 2.09. The van der Waals surface area contributed by atoms with Crippen molar-refractivity contribution in [3.05, 3.63) is 59.5 Å². The third-order valence-corrected chi connectivity index (χ3v) is 4.63. The Labute approximate surface area is 177 Å². The zero-order chi connectivity index (χ0) is 20.9. The van der Waals surface area contributed by atoms with Crippen molar-refractivity contribution >= 4 is 29.1 Å². The highest BCUT2D eigenvalue weighted by molar-refractivity contribution is 6.30. The molecule has 0 aliphatic rings. The van der Waals surface area contributed by atoms with Gasteiger partial charge in [-0.15, -0.1) is 0 Å². The summed E-state index contributed by atoms with van der Waals surface area (Å²) in [5, 5.41) is 10.9. The first-order valence-electron chi connectivity index (χ1n) is 9.47. The fraction of sp³-hybridized carbons (Fsp3) is 0.250. The number of anilines is 1. The lowest BCUT2D eigenvalue weighted by molar-refractivity contribution is -0.121. The number of oxazole rings is 1. The van der Waals surface area contributed by atoms with E-state index >= 15 is 0 Å². The lowest BCUT2D eigenvalue weighted by Crippen LogP contribution is -2.29. The number of amides is 1. The Morgan fingerprint density at radius 2 is 2.03 bits per heavy atom. The number of carbonyl (C=O) groups is 1. The number of halogens is 1. The second kappa shape index (κ2) is 8.91. The zero-order valence-electron chi connectivity index (χ0n) is 16.3. The van der Waals surface area contributed by atoms with Crippen LogP contribution in [0, 0.1) is 6.92 Å². The van der Waals surface area contributed by atoms with Crippen molar-refractivity contribution in [3.8, 4) is 11.3 Å². The summed E-state index contributed by atoms with van der Waals surface area (Å²) < 4.78 is 7.34. The minimum Gasteiger partial charge on any atom is -0.441 e. The van der Waals surface area contributed by atoms with Gasteiger partial charge in [-0.25, -0.2) is 9.97 Å². The number of aryl methyl sites for hydroxylation is 2. The minimum absolute atomic E-state index is 0.0696. The van der Waals surface area contributed by atoms with Gasteiger partial charge in [0, 0.05) is 48.3 Å². The average Bonchev–Trinajstić information content (AvgIpc) is 3.39. The molecule has 0 radical (unpaired) electrons. The first-order chi connectivity index (χ1) is 14.6. The lowest BCUT2D eigenvalue weighted by atomic mass is 10.2. The summed E-state index contributed by atoms with van der Waals surface area (Å²) in [6.45, 7) is 2.91. The molecule has 0 atom stereocenters. The van der Waals surface area contributed by atoms with Crippen LogP contribution in [0.1, 0.15) is 18.0 Å². The molecule has 0 spiro atoms. The minimum atomic E-state index is -0.0696. The molecular formula is C20H20ClN7O2. The largest absolute Gasteiger partial charge is 0.441 e. The highest BCUT2D eigenvalue weighted by atomic mass is 35.5. The highest BCUT2D eigenvalue weighted by Crippen LogP contribution is 2.22. The number of fused-ring (bicyclic) bond motifs is 1. The predicted octanol–water partition coefficient (Wildman–Crippen LogP) is 2.90. The third kappa shape index (κ3) is 4.74. The van der Waals surface area contributed by atoms with Gasteiger partial charge in [-0.2, -0.15) is 14.6 Å². The van der Waals surface area contributed by atoms with Gasteiger partial charge in [-0.05, 0) is 31.2 Å². The summed E-state index contributed by atoms with van der Waals surface area (Å²) in [5.41, 5.74) is 1.73. The molecule has 0 bridgehead atoms. The maximum atomic E-state index is 12.1. The molecule has 3 aromatic heterocycles. The lowest BCUT2D eigenvalue weighted by Gasteiger charge is -2.09. The number of nitrogens with one attached hydrogen (secondary N) is 2. The van der Waals surface area contributed by atoms with Gasteiger partial charge in [0.1, 0.15) is 12.1 Å². The maximum absolute atomic E-state index is 12.1. The number of hydrogen-bond donors (Lipinski definition) is 2. The molecule has 9 nitrogen and oxygen atoms in total. The summed E-state index contributed by atoms with van der Waals surface area (Å²) in [6.07, 6.45) is 3.83. The van der Waals surface area contributed by atoms with Gasteiger partial charge in [0.2, 0.25) is 5.91 Å². The fourth-order valence-corrected chi connectivity index (χ4v) is 3.06. The van der Waals surface area contributed by atoms with Gasteiger partial charge < -0.3 is 15.1 Å². The first-order valence-corrected chi connectivity index (χ1v) is 9.85. The van der Waals surface area contributed by atoms with E-state index in [1.807, 2.05) is 25.1 Å². The molecule has 154 valence electrons. The van der Waals surface area contributed by atoms with Crippen LogP contribution in [0.3, 0.4) is 0 Å². The van der Waals surface area contributed by atoms with Crippen molar-refractivity contribution in [1.82, 2.24) is 29.9 Å². The van der Waals surface area contributed by atoms with Crippen LogP contribution in [0.5, 0.6) is 0 Å². The Hall–Kier alpha value is -3.46. The molecule has 0 aliphatic carbocycles. The monoisotopic (exact) mass is 425 g/mol. The van der Waals surface area contributed by atoms with E-state index in [4.69, 9.17) is 16.0 Å². The molecule has 2 N–H and O–H groups in total. The molecule has 1 aromatic carbocycles. The van der Waals surface area contributed by atoms with Gasteiger partial charge in [0.25, 0.3) is 5.78 Å². The van der Waals surface area contributed by atoms with E-state index in [0.29, 0.717) is 48.4 Å². The van der Waals surface area contributed by atoms with E-state index in [9.17, 15) is 4.79 Å². The smallest absolute Gasteiger partial charge is 0.254 e. The molecule has 3 heterocycles. The van der Waals surface area contributed by atoms with Crippen molar-refractivity contribution in [3.63, 3.8) is 0 Å². The number of benzene rings is 1. The number of rotatable bonds is 8.